The van der Waals surface area contributed by atoms with Gasteiger partial charge in [-0.15, -0.1) is 0 Å². The van der Waals surface area contributed by atoms with E-state index in [1.165, 1.54) is 18.2 Å². The molecule has 0 aliphatic rings. The number of hydrogen-bond acceptors (Lipinski definition) is 2. The van der Waals surface area contributed by atoms with Crippen molar-refractivity contribution in [2.45, 2.75) is 6.92 Å². The van der Waals surface area contributed by atoms with E-state index in [1.54, 1.807) is 24.3 Å². The molecule has 2 rings (SSSR count). The van der Waals surface area contributed by atoms with Gasteiger partial charge in [-0.25, -0.2) is 4.39 Å². The second kappa shape index (κ2) is 4.87. The van der Waals surface area contributed by atoms with Crippen molar-refractivity contribution >= 4 is 17.3 Å². The highest BCUT2D eigenvalue weighted by atomic mass is 19.1. The number of nitrogens with one attached hydrogen (secondary N) is 1. The predicted molar refractivity (Wildman–Crippen MR) is 69.9 cm³/mol. The fourth-order valence-electron chi connectivity index (χ4n) is 1.56. The molecule has 0 fully saturated rings. The SMILES string of the molecule is Cc1ccc(NC(=O)c2ccccc2F)cc1N. The van der Waals surface area contributed by atoms with Crippen LogP contribution in [-0.2, 0) is 0 Å². The Morgan fingerprint density at radius 1 is 1.22 bits per heavy atom. The molecule has 0 unspecified atom stereocenters. The number of amides is 1. The van der Waals surface area contributed by atoms with Crippen molar-refractivity contribution in [1.82, 2.24) is 0 Å². The molecule has 0 spiro atoms. The summed E-state index contributed by atoms with van der Waals surface area (Å²) in [5.41, 5.74) is 7.81. The Bertz CT molecular complexity index is 596. The molecule has 2 aromatic carbocycles. The highest BCUT2D eigenvalue weighted by Crippen LogP contribution is 2.18. The van der Waals surface area contributed by atoms with E-state index in [4.69, 9.17) is 5.73 Å². The first-order valence-electron chi connectivity index (χ1n) is 5.50. The Labute approximate surface area is 104 Å². The number of hydrogen-bond donors (Lipinski definition) is 2. The molecule has 3 nitrogen and oxygen atoms in total. The number of carbonyl (C=O) groups is 1. The van der Waals surface area contributed by atoms with E-state index in [0.29, 0.717) is 11.4 Å². The number of benzene rings is 2. The van der Waals surface area contributed by atoms with E-state index < -0.39 is 11.7 Å². The van der Waals surface area contributed by atoms with Crippen LogP contribution in [0.3, 0.4) is 0 Å². The van der Waals surface area contributed by atoms with Gasteiger partial charge >= 0.3 is 0 Å². The van der Waals surface area contributed by atoms with E-state index in [2.05, 4.69) is 5.32 Å². The second-order valence-corrected chi connectivity index (χ2v) is 4.01. The first-order valence-corrected chi connectivity index (χ1v) is 5.50. The minimum atomic E-state index is -0.546. The lowest BCUT2D eigenvalue weighted by Crippen LogP contribution is -2.13. The average molecular weight is 244 g/mol. The maximum Gasteiger partial charge on any atom is 0.258 e. The molecule has 3 N–H and O–H groups in total. The molecule has 1 amide bonds. The zero-order valence-corrected chi connectivity index (χ0v) is 9.91. The van der Waals surface area contributed by atoms with Gasteiger partial charge in [0.1, 0.15) is 5.82 Å². The van der Waals surface area contributed by atoms with Gasteiger partial charge in [-0.05, 0) is 36.8 Å². The van der Waals surface area contributed by atoms with Crippen LogP contribution in [0.2, 0.25) is 0 Å². The molecular weight excluding hydrogens is 231 g/mol. The van der Waals surface area contributed by atoms with Crippen LogP contribution >= 0.6 is 0 Å². The van der Waals surface area contributed by atoms with Crippen molar-refractivity contribution in [3.63, 3.8) is 0 Å². The lowest BCUT2D eigenvalue weighted by Gasteiger charge is -2.08. The van der Waals surface area contributed by atoms with Crippen molar-refractivity contribution in [3.8, 4) is 0 Å². The summed E-state index contributed by atoms with van der Waals surface area (Å²) < 4.78 is 13.4. The van der Waals surface area contributed by atoms with E-state index in [-0.39, 0.29) is 5.56 Å². The molecule has 0 atom stereocenters. The van der Waals surface area contributed by atoms with Crippen LogP contribution in [0.5, 0.6) is 0 Å². The van der Waals surface area contributed by atoms with Crippen molar-refractivity contribution in [3.05, 3.63) is 59.4 Å². The Kier molecular flexibility index (Phi) is 3.28. The minimum Gasteiger partial charge on any atom is -0.398 e. The van der Waals surface area contributed by atoms with E-state index in [0.717, 1.165) is 5.56 Å². The van der Waals surface area contributed by atoms with Crippen LogP contribution < -0.4 is 11.1 Å². The number of aryl methyl sites for hydroxylation is 1. The third kappa shape index (κ3) is 2.48. The Morgan fingerprint density at radius 2 is 1.94 bits per heavy atom. The van der Waals surface area contributed by atoms with Crippen molar-refractivity contribution in [2.75, 3.05) is 11.1 Å². The summed E-state index contributed by atoms with van der Waals surface area (Å²) in [6, 6.07) is 11.0. The lowest BCUT2D eigenvalue weighted by atomic mass is 10.1. The van der Waals surface area contributed by atoms with Gasteiger partial charge in [-0.3, -0.25) is 4.79 Å². The quantitative estimate of drug-likeness (QED) is 0.798. The third-order valence-corrected chi connectivity index (χ3v) is 2.66. The highest BCUT2D eigenvalue weighted by Gasteiger charge is 2.11. The van der Waals surface area contributed by atoms with Gasteiger partial charge in [0.25, 0.3) is 5.91 Å². The Morgan fingerprint density at radius 3 is 2.61 bits per heavy atom. The first kappa shape index (κ1) is 12.1. The summed E-state index contributed by atoms with van der Waals surface area (Å²) in [6.07, 6.45) is 0. The zero-order valence-electron chi connectivity index (χ0n) is 9.91. The fraction of sp³-hybridized carbons (Fsp3) is 0.0714. The molecule has 4 heteroatoms. The summed E-state index contributed by atoms with van der Waals surface area (Å²) in [6.45, 7) is 1.87. The number of rotatable bonds is 2. The molecule has 0 bridgehead atoms. The van der Waals surface area contributed by atoms with Crippen LogP contribution in [0.25, 0.3) is 0 Å². The van der Waals surface area contributed by atoms with Gasteiger partial charge in [0.15, 0.2) is 0 Å². The smallest absolute Gasteiger partial charge is 0.258 e. The summed E-state index contributed by atoms with van der Waals surface area (Å²) in [7, 11) is 0. The molecule has 92 valence electrons. The fourth-order valence-corrected chi connectivity index (χ4v) is 1.56. The normalized spacial score (nSPS) is 10.1. The van der Waals surface area contributed by atoms with Crippen molar-refractivity contribution < 1.29 is 9.18 Å². The molecule has 2 aromatic rings. The number of carbonyl (C=O) groups excluding carboxylic acids is 1. The zero-order chi connectivity index (χ0) is 13.1. The highest BCUT2D eigenvalue weighted by molar-refractivity contribution is 6.04. The number of halogens is 1. The van der Waals surface area contributed by atoms with Crippen LogP contribution in [0, 0.1) is 12.7 Å². The Balaban J connectivity index is 2.22. The maximum atomic E-state index is 13.4. The molecule has 0 heterocycles. The van der Waals surface area contributed by atoms with Crippen LogP contribution in [0.15, 0.2) is 42.5 Å². The number of nitrogens with two attached hydrogens (primary N) is 1. The summed E-state index contributed by atoms with van der Waals surface area (Å²) >= 11 is 0. The molecule has 0 radical (unpaired) electrons. The van der Waals surface area contributed by atoms with Gasteiger partial charge in [-0.2, -0.15) is 0 Å². The van der Waals surface area contributed by atoms with Crippen LogP contribution in [0.4, 0.5) is 15.8 Å². The standard InChI is InChI=1S/C14H13FN2O/c1-9-6-7-10(8-13(9)16)17-14(18)11-4-2-3-5-12(11)15/h2-8H,16H2,1H3,(H,17,18). The van der Waals surface area contributed by atoms with E-state index in [1.807, 2.05) is 6.92 Å². The largest absolute Gasteiger partial charge is 0.398 e. The van der Waals surface area contributed by atoms with Gasteiger partial charge in [0.2, 0.25) is 0 Å². The number of nitrogen functional groups attached to an aromatic ring is 1. The molecule has 0 saturated heterocycles. The monoisotopic (exact) mass is 244 g/mol. The number of anilines is 2. The Hall–Kier alpha value is -2.36. The van der Waals surface area contributed by atoms with Crippen LogP contribution in [-0.4, -0.2) is 5.91 Å². The van der Waals surface area contributed by atoms with Gasteiger partial charge in [0, 0.05) is 11.4 Å². The summed E-state index contributed by atoms with van der Waals surface area (Å²) in [4.78, 5) is 11.8. The van der Waals surface area contributed by atoms with Crippen LogP contribution in [0.1, 0.15) is 15.9 Å². The molecular formula is C14H13FN2O. The van der Waals surface area contributed by atoms with Gasteiger partial charge in [-0.1, -0.05) is 18.2 Å². The second-order valence-electron chi connectivity index (χ2n) is 4.01. The maximum absolute atomic E-state index is 13.4. The van der Waals surface area contributed by atoms with E-state index in [9.17, 15) is 9.18 Å². The first-order chi connectivity index (χ1) is 8.58. The summed E-state index contributed by atoms with van der Waals surface area (Å²) in [5, 5.41) is 2.61. The molecule has 0 aliphatic carbocycles. The van der Waals surface area contributed by atoms with E-state index >= 15 is 0 Å². The molecule has 0 aliphatic heterocycles. The summed E-state index contributed by atoms with van der Waals surface area (Å²) in [5.74, 6) is -1.04. The minimum absolute atomic E-state index is 0.0108. The molecule has 18 heavy (non-hydrogen) atoms. The van der Waals surface area contributed by atoms with Gasteiger partial charge in [0.05, 0.1) is 5.56 Å². The van der Waals surface area contributed by atoms with Crippen molar-refractivity contribution in [1.29, 1.82) is 0 Å². The predicted octanol–water partition coefficient (Wildman–Crippen LogP) is 2.97. The topological polar surface area (TPSA) is 55.1 Å². The average Bonchev–Trinajstić information content (AvgIpc) is 2.34. The molecule has 0 saturated carbocycles. The third-order valence-electron chi connectivity index (χ3n) is 2.66. The van der Waals surface area contributed by atoms with Gasteiger partial charge < -0.3 is 11.1 Å². The molecule has 0 aromatic heterocycles. The lowest BCUT2D eigenvalue weighted by molar-refractivity contribution is 0.102. The van der Waals surface area contributed by atoms with Crippen molar-refractivity contribution in [2.24, 2.45) is 0 Å².